The molecule has 0 spiro atoms. The van der Waals surface area contributed by atoms with Crippen molar-refractivity contribution in [3.63, 3.8) is 0 Å². The lowest BCUT2D eigenvalue weighted by atomic mass is 9.75. The summed E-state index contributed by atoms with van der Waals surface area (Å²) in [6, 6.07) is 5.59. The Morgan fingerprint density at radius 1 is 1.26 bits per heavy atom. The van der Waals surface area contributed by atoms with Crippen molar-refractivity contribution in [1.82, 2.24) is 14.8 Å². The van der Waals surface area contributed by atoms with E-state index in [4.69, 9.17) is 9.47 Å². The van der Waals surface area contributed by atoms with Gasteiger partial charge in [0, 0.05) is 58.6 Å². The maximum Gasteiger partial charge on any atom is 0.201 e. The van der Waals surface area contributed by atoms with Crippen molar-refractivity contribution in [2.24, 2.45) is 0 Å². The van der Waals surface area contributed by atoms with Crippen LogP contribution in [0.5, 0.6) is 0 Å². The van der Waals surface area contributed by atoms with E-state index in [-0.39, 0.29) is 11.4 Å². The fraction of sp³-hybridized carbons (Fsp3) is 0.714. The van der Waals surface area contributed by atoms with Gasteiger partial charge in [-0.15, -0.1) is 0 Å². The first kappa shape index (κ1) is 20.4. The predicted octanol–water partition coefficient (Wildman–Crippen LogP) is 2.25. The third kappa shape index (κ3) is 4.74. The lowest BCUT2D eigenvalue weighted by Gasteiger charge is -2.52. The van der Waals surface area contributed by atoms with Crippen LogP contribution in [0.3, 0.4) is 0 Å². The molecule has 3 heterocycles. The standard InChI is InChI=1S/C21H33N3O3/c1-4-26-16-14-23-10-12-24(13-11-23)21(8-15-27-20(2,3)17-21)19(25)18-7-5-6-9-22-18/h5-7,9H,4,8,10-17H2,1-3H3. The van der Waals surface area contributed by atoms with Gasteiger partial charge in [-0.05, 0) is 39.3 Å². The molecule has 2 saturated heterocycles. The summed E-state index contributed by atoms with van der Waals surface area (Å²) in [6.45, 7) is 13.0. The zero-order valence-corrected chi connectivity index (χ0v) is 16.9. The minimum Gasteiger partial charge on any atom is -0.380 e. The molecule has 0 saturated carbocycles. The third-order valence-electron chi connectivity index (χ3n) is 5.78. The highest BCUT2D eigenvalue weighted by atomic mass is 16.5. The Balaban J connectivity index is 1.77. The van der Waals surface area contributed by atoms with Crippen molar-refractivity contribution in [2.45, 2.75) is 44.8 Å². The van der Waals surface area contributed by atoms with Gasteiger partial charge in [0.25, 0.3) is 0 Å². The quantitative estimate of drug-likeness (QED) is 0.538. The van der Waals surface area contributed by atoms with E-state index in [0.717, 1.165) is 52.4 Å². The Kier molecular flexibility index (Phi) is 6.63. The van der Waals surface area contributed by atoms with Crippen molar-refractivity contribution in [3.8, 4) is 0 Å². The van der Waals surface area contributed by atoms with Gasteiger partial charge < -0.3 is 9.47 Å². The largest absolute Gasteiger partial charge is 0.380 e. The molecule has 3 rings (SSSR count). The van der Waals surface area contributed by atoms with Crippen LogP contribution in [0.25, 0.3) is 0 Å². The first-order valence-electron chi connectivity index (χ1n) is 10.1. The molecule has 1 unspecified atom stereocenters. The summed E-state index contributed by atoms with van der Waals surface area (Å²) in [6.07, 6.45) is 3.14. The molecule has 2 fully saturated rings. The number of pyridine rings is 1. The number of carbonyl (C=O) groups excluding carboxylic acids is 1. The molecule has 1 aromatic heterocycles. The predicted molar refractivity (Wildman–Crippen MR) is 105 cm³/mol. The van der Waals surface area contributed by atoms with E-state index < -0.39 is 5.54 Å². The number of ketones is 1. The SMILES string of the molecule is CCOCCN1CCN(C2(C(=O)c3ccccn3)CCOC(C)(C)C2)CC1. The molecule has 27 heavy (non-hydrogen) atoms. The Morgan fingerprint density at radius 3 is 2.67 bits per heavy atom. The van der Waals surface area contributed by atoms with E-state index in [9.17, 15) is 4.79 Å². The van der Waals surface area contributed by atoms with E-state index in [2.05, 4.69) is 28.6 Å². The van der Waals surface area contributed by atoms with Gasteiger partial charge in [0.05, 0.1) is 17.7 Å². The number of ether oxygens (including phenoxy) is 2. The Hall–Kier alpha value is -1.34. The van der Waals surface area contributed by atoms with Gasteiger partial charge in [0.15, 0.2) is 0 Å². The van der Waals surface area contributed by atoms with E-state index in [1.54, 1.807) is 6.20 Å². The van der Waals surface area contributed by atoms with E-state index >= 15 is 0 Å². The summed E-state index contributed by atoms with van der Waals surface area (Å²) in [4.78, 5) is 22.8. The van der Waals surface area contributed by atoms with Crippen molar-refractivity contribution in [1.29, 1.82) is 0 Å². The normalized spacial score (nSPS) is 26.8. The van der Waals surface area contributed by atoms with Gasteiger partial charge in [-0.3, -0.25) is 19.6 Å². The van der Waals surface area contributed by atoms with Crippen LogP contribution >= 0.6 is 0 Å². The zero-order valence-electron chi connectivity index (χ0n) is 16.9. The zero-order chi connectivity index (χ0) is 19.3. The fourth-order valence-corrected chi connectivity index (χ4v) is 4.42. The van der Waals surface area contributed by atoms with Gasteiger partial charge in [-0.1, -0.05) is 6.07 Å². The molecule has 0 amide bonds. The molecular formula is C21H33N3O3. The molecule has 0 N–H and O–H groups in total. The number of Topliss-reactive ketones (excluding diaryl/α,β-unsaturated/α-hetero) is 1. The van der Waals surface area contributed by atoms with Crippen LogP contribution in [0.1, 0.15) is 44.1 Å². The smallest absolute Gasteiger partial charge is 0.201 e. The van der Waals surface area contributed by atoms with Crippen LogP contribution in [-0.4, -0.2) is 84.3 Å². The van der Waals surface area contributed by atoms with E-state index in [0.29, 0.717) is 18.7 Å². The van der Waals surface area contributed by atoms with Gasteiger partial charge in [-0.2, -0.15) is 0 Å². The summed E-state index contributed by atoms with van der Waals surface area (Å²) < 4.78 is 11.4. The first-order chi connectivity index (χ1) is 13.0. The summed E-state index contributed by atoms with van der Waals surface area (Å²) in [5, 5.41) is 0. The number of piperazine rings is 1. The highest BCUT2D eigenvalue weighted by Gasteiger charge is 2.51. The van der Waals surface area contributed by atoms with Crippen LogP contribution in [0, 0.1) is 0 Å². The molecule has 6 nitrogen and oxygen atoms in total. The second-order valence-corrected chi connectivity index (χ2v) is 8.14. The average molecular weight is 376 g/mol. The van der Waals surface area contributed by atoms with Gasteiger partial charge >= 0.3 is 0 Å². The number of hydrogen-bond acceptors (Lipinski definition) is 6. The fourth-order valence-electron chi connectivity index (χ4n) is 4.42. The molecule has 1 atom stereocenters. The first-order valence-corrected chi connectivity index (χ1v) is 10.1. The Bertz CT molecular complexity index is 614. The summed E-state index contributed by atoms with van der Waals surface area (Å²) in [5.41, 5.74) is -0.273. The van der Waals surface area contributed by atoms with Gasteiger partial charge in [0.1, 0.15) is 5.69 Å². The molecule has 150 valence electrons. The minimum absolute atomic E-state index is 0.141. The molecule has 0 bridgehead atoms. The monoisotopic (exact) mass is 375 g/mol. The molecule has 1 aromatic rings. The minimum atomic E-state index is -0.526. The number of nitrogens with zero attached hydrogens (tertiary/aromatic N) is 3. The van der Waals surface area contributed by atoms with E-state index in [1.165, 1.54) is 0 Å². The molecule has 0 radical (unpaired) electrons. The van der Waals surface area contributed by atoms with Crippen LogP contribution in [0.15, 0.2) is 24.4 Å². The van der Waals surface area contributed by atoms with Gasteiger partial charge in [0.2, 0.25) is 5.78 Å². The average Bonchev–Trinajstić information content (AvgIpc) is 2.68. The van der Waals surface area contributed by atoms with Crippen molar-refractivity contribution in [3.05, 3.63) is 30.1 Å². The van der Waals surface area contributed by atoms with Crippen LogP contribution in [-0.2, 0) is 9.47 Å². The molecular weight excluding hydrogens is 342 g/mol. The van der Waals surface area contributed by atoms with E-state index in [1.807, 2.05) is 25.1 Å². The number of aromatic nitrogens is 1. The van der Waals surface area contributed by atoms with Gasteiger partial charge in [-0.25, -0.2) is 0 Å². The second-order valence-electron chi connectivity index (χ2n) is 8.14. The Morgan fingerprint density at radius 2 is 2.04 bits per heavy atom. The molecule has 6 heteroatoms. The molecule has 0 aromatic carbocycles. The maximum atomic E-state index is 13.6. The molecule has 0 aliphatic carbocycles. The number of carbonyl (C=O) groups is 1. The van der Waals surface area contributed by atoms with Crippen LogP contribution in [0.4, 0.5) is 0 Å². The van der Waals surface area contributed by atoms with Crippen LogP contribution in [0.2, 0.25) is 0 Å². The number of rotatable bonds is 7. The maximum absolute atomic E-state index is 13.6. The Labute approximate surface area is 162 Å². The lowest BCUT2D eigenvalue weighted by Crippen LogP contribution is -2.65. The topological polar surface area (TPSA) is 54.9 Å². The summed E-state index contributed by atoms with van der Waals surface area (Å²) in [7, 11) is 0. The second kappa shape index (κ2) is 8.78. The lowest BCUT2D eigenvalue weighted by molar-refractivity contribution is -0.113. The molecule has 2 aliphatic heterocycles. The summed E-state index contributed by atoms with van der Waals surface area (Å²) in [5.74, 6) is 0.141. The highest BCUT2D eigenvalue weighted by molar-refractivity contribution is 6.02. The van der Waals surface area contributed by atoms with Crippen LogP contribution < -0.4 is 0 Å². The van der Waals surface area contributed by atoms with Crippen molar-refractivity contribution < 1.29 is 14.3 Å². The van der Waals surface area contributed by atoms with Crippen molar-refractivity contribution in [2.75, 3.05) is 52.5 Å². The highest BCUT2D eigenvalue weighted by Crippen LogP contribution is 2.39. The third-order valence-corrected chi connectivity index (χ3v) is 5.78. The number of hydrogen-bond donors (Lipinski definition) is 0. The summed E-state index contributed by atoms with van der Waals surface area (Å²) >= 11 is 0. The molecule has 2 aliphatic rings. The van der Waals surface area contributed by atoms with Crippen molar-refractivity contribution >= 4 is 5.78 Å².